The first-order valence-electron chi connectivity index (χ1n) is 10.2. The number of nitrogens with zero attached hydrogens (tertiary/aromatic N) is 2. The van der Waals surface area contributed by atoms with Gasteiger partial charge in [0, 0.05) is 38.6 Å². The van der Waals surface area contributed by atoms with Gasteiger partial charge in [0.2, 0.25) is 11.8 Å². The van der Waals surface area contributed by atoms with Gasteiger partial charge in [-0.05, 0) is 43.5 Å². The van der Waals surface area contributed by atoms with Gasteiger partial charge in [-0.1, -0.05) is 19.1 Å². The second-order valence-electron chi connectivity index (χ2n) is 8.00. The largest absolute Gasteiger partial charge is 0.416 e. The summed E-state index contributed by atoms with van der Waals surface area (Å²) in [6, 6.07) is 5.11. The van der Waals surface area contributed by atoms with Crippen molar-refractivity contribution in [2.24, 2.45) is 5.92 Å². The zero-order valence-electron chi connectivity index (χ0n) is 16.7. The zero-order chi connectivity index (χ0) is 21.0. The topological polar surface area (TPSA) is 52.7 Å². The summed E-state index contributed by atoms with van der Waals surface area (Å²) in [5.41, 5.74) is -0.317. The molecule has 8 heteroatoms. The molecule has 1 aromatic rings. The summed E-state index contributed by atoms with van der Waals surface area (Å²) in [5.74, 6) is -0.763. The van der Waals surface area contributed by atoms with Crippen molar-refractivity contribution in [2.75, 3.05) is 26.2 Å². The molecule has 2 fully saturated rings. The molecule has 1 aromatic carbocycles. The fourth-order valence-corrected chi connectivity index (χ4v) is 4.10. The van der Waals surface area contributed by atoms with Crippen LogP contribution in [0.2, 0.25) is 0 Å². The van der Waals surface area contributed by atoms with Crippen LogP contribution in [0.25, 0.3) is 0 Å². The number of benzene rings is 1. The molecule has 29 heavy (non-hydrogen) atoms. The number of likely N-dealkylation sites (tertiary alicyclic amines) is 2. The number of hydrogen-bond acceptors (Lipinski definition) is 3. The summed E-state index contributed by atoms with van der Waals surface area (Å²) in [4.78, 5) is 28.8. The van der Waals surface area contributed by atoms with E-state index in [9.17, 15) is 22.8 Å². The Labute approximate surface area is 169 Å². The van der Waals surface area contributed by atoms with Gasteiger partial charge in [0.05, 0.1) is 11.5 Å². The van der Waals surface area contributed by atoms with Crippen LogP contribution in [-0.4, -0.2) is 53.8 Å². The van der Waals surface area contributed by atoms with Crippen LogP contribution in [0.4, 0.5) is 13.2 Å². The van der Waals surface area contributed by atoms with Gasteiger partial charge in [0.1, 0.15) is 0 Å². The number of alkyl halides is 3. The summed E-state index contributed by atoms with van der Waals surface area (Å²) >= 11 is 0. The second kappa shape index (κ2) is 9.15. The highest BCUT2D eigenvalue weighted by molar-refractivity contribution is 5.89. The lowest BCUT2D eigenvalue weighted by atomic mass is 10.0. The Kier molecular flexibility index (Phi) is 6.82. The van der Waals surface area contributed by atoms with Gasteiger partial charge in [-0.3, -0.25) is 9.59 Å². The van der Waals surface area contributed by atoms with Gasteiger partial charge in [0.25, 0.3) is 0 Å². The van der Waals surface area contributed by atoms with Crippen LogP contribution in [0.1, 0.15) is 43.7 Å². The van der Waals surface area contributed by atoms with Gasteiger partial charge < -0.3 is 15.1 Å². The summed E-state index contributed by atoms with van der Waals surface area (Å²) in [6.45, 7) is 5.48. The van der Waals surface area contributed by atoms with Gasteiger partial charge >= 0.3 is 6.18 Å². The molecule has 2 heterocycles. The highest BCUT2D eigenvalue weighted by Crippen LogP contribution is 2.30. The number of hydrogen-bond donors (Lipinski definition) is 1. The van der Waals surface area contributed by atoms with Crippen molar-refractivity contribution in [3.63, 3.8) is 0 Å². The summed E-state index contributed by atoms with van der Waals surface area (Å²) < 4.78 is 38.6. The Bertz CT molecular complexity index is 730. The smallest absolute Gasteiger partial charge is 0.353 e. The number of piperidine rings is 1. The van der Waals surface area contributed by atoms with E-state index in [1.54, 1.807) is 6.07 Å². The maximum Gasteiger partial charge on any atom is 0.416 e. The third kappa shape index (κ3) is 5.72. The molecule has 0 unspecified atom stereocenters. The van der Waals surface area contributed by atoms with Crippen LogP contribution in [0, 0.1) is 5.92 Å². The highest BCUT2D eigenvalue weighted by Gasteiger charge is 2.36. The van der Waals surface area contributed by atoms with E-state index in [-0.39, 0.29) is 37.4 Å². The third-order valence-electron chi connectivity index (χ3n) is 5.69. The average molecular weight is 411 g/mol. The number of amides is 2. The lowest BCUT2D eigenvalue weighted by Gasteiger charge is -2.32. The predicted molar refractivity (Wildman–Crippen MR) is 103 cm³/mol. The Balaban J connectivity index is 1.52. The van der Waals surface area contributed by atoms with Gasteiger partial charge in [-0.25, -0.2) is 0 Å². The van der Waals surface area contributed by atoms with E-state index in [2.05, 4.69) is 17.1 Å². The third-order valence-corrected chi connectivity index (χ3v) is 5.69. The van der Waals surface area contributed by atoms with Crippen molar-refractivity contribution >= 4 is 11.8 Å². The molecule has 160 valence electrons. The van der Waals surface area contributed by atoms with Crippen molar-refractivity contribution in [3.8, 4) is 0 Å². The molecule has 1 atom stereocenters. The molecule has 2 aliphatic rings. The van der Waals surface area contributed by atoms with Gasteiger partial charge in [0.15, 0.2) is 0 Å². The molecule has 0 spiro atoms. The van der Waals surface area contributed by atoms with Gasteiger partial charge in [-0.15, -0.1) is 0 Å². The molecule has 2 aliphatic heterocycles. The van der Waals surface area contributed by atoms with Crippen molar-refractivity contribution in [3.05, 3.63) is 35.4 Å². The van der Waals surface area contributed by atoms with E-state index in [0.717, 1.165) is 51.0 Å². The minimum atomic E-state index is -4.42. The summed E-state index contributed by atoms with van der Waals surface area (Å²) in [5, 5.41) is 3.06. The molecule has 2 saturated heterocycles. The maximum atomic E-state index is 12.9. The van der Waals surface area contributed by atoms with Crippen LogP contribution < -0.4 is 5.32 Å². The number of rotatable bonds is 6. The van der Waals surface area contributed by atoms with E-state index in [1.807, 2.05) is 0 Å². The molecular weight excluding hydrogens is 383 g/mol. The molecule has 0 aliphatic carbocycles. The van der Waals surface area contributed by atoms with Crippen LogP contribution in [0.3, 0.4) is 0 Å². The predicted octanol–water partition coefficient (Wildman–Crippen LogP) is 3.04. The molecule has 0 bridgehead atoms. The average Bonchev–Trinajstić information content (AvgIpc) is 3.04. The zero-order valence-corrected chi connectivity index (χ0v) is 16.7. The van der Waals surface area contributed by atoms with E-state index >= 15 is 0 Å². The first kappa shape index (κ1) is 21.6. The molecule has 1 N–H and O–H groups in total. The Morgan fingerprint density at radius 1 is 1.24 bits per heavy atom. The Morgan fingerprint density at radius 3 is 2.62 bits per heavy atom. The molecule has 5 nitrogen and oxygen atoms in total. The minimum absolute atomic E-state index is 0.0853. The SMILES string of the molecule is CCCN1CCC(NC(=O)[C@@H]2CC(=O)N(Cc3cccc(C(F)(F)F)c3)C2)CC1. The lowest BCUT2D eigenvalue weighted by Crippen LogP contribution is -2.46. The van der Waals surface area contributed by atoms with Crippen molar-refractivity contribution in [1.29, 1.82) is 0 Å². The lowest BCUT2D eigenvalue weighted by molar-refractivity contribution is -0.137. The number of nitrogens with one attached hydrogen (secondary N) is 1. The van der Waals surface area contributed by atoms with E-state index in [1.165, 1.54) is 11.0 Å². The molecule has 3 rings (SSSR count). The summed E-state index contributed by atoms with van der Waals surface area (Å²) in [6.07, 6.45) is -1.39. The molecular formula is C21H28F3N3O2. The second-order valence-corrected chi connectivity index (χ2v) is 8.00. The van der Waals surface area contributed by atoms with Crippen molar-refractivity contribution in [2.45, 2.75) is 51.4 Å². The monoisotopic (exact) mass is 411 g/mol. The molecule has 0 radical (unpaired) electrons. The van der Waals surface area contributed by atoms with E-state index < -0.39 is 17.7 Å². The number of carbonyl (C=O) groups is 2. The fraction of sp³-hybridized carbons (Fsp3) is 0.619. The van der Waals surface area contributed by atoms with Crippen molar-refractivity contribution in [1.82, 2.24) is 15.1 Å². The first-order valence-corrected chi connectivity index (χ1v) is 10.2. The minimum Gasteiger partial charge on any atom is -0.353 e. The fourth-order valence-electron chi connectivity index (χ4n) is 4.10. The normalized spacial score (nSPS) is 21.6. The van der Waals surface area contributed by atoms with E-state index in [0.29, 0.717) is 5.56 Å². The van der Waals surface area contributed by atoms with Crippen LogP contribution >= 0.6 is 0 Å². The highest BCUT2D eigenvalue weighted by atomic mass is 19.4. The van der Waals surface area contributed by atoms with Crippen molar-refractivity contribution < 1.29 is 22.8 Å². The van der Waals surface area contributed by atoms with Gasteiger partial charge in [-0.2, -0.15) is 13.2 Å². The molecule has 2 amide bonds. The Morgan fingerprint density at radius 2 is 1.97 bits per heavy atom. The number of carbonyl (C=O) groups excluding carboxylic acids is 2. The maximum absolute atomic E-state index is 12.9. The standard InChI is InChI=1S/C21H28F3N3O2/c1-2-8-26-9-6-18(7-10-26)25-20(29)16-12-19(28)27(14-16)13-15-4-3-5-17(11-15)21(22,23)24/h3-5,11,16,18H,2,6-10,12-14H2,1H3,(H,25,29)/t16-/m1/s1. The van der Waals surface area contributed by atoms with Crippen LogP contribution in [0.5, 0.6) is 0 Å². The molecule has 0 saturated carbocycles. The summed E-state index contributed by atoms with van der Waals surface area (Å²) in [7, 11) is 0. The van der Waals surface area contributed by atoms with Crippen LogP contribution in [-0.2, 0) is 22.3 Å². The molecule has 0 aromatic heterocycles. The Hall–Kier alpha value is -2.09. The first-order chi connectivity index (χ1) is 13.8. The number of halogens is 3. The van der Waals surface area contributed by atoms with E-state index in [4.69, 9.17) is 0 Å². The van der Waals surface area contributed by atoms with Crippen LogP contribution in [0.15, 0.2) is 24.3 Å². The quantitative estimate of drug-likeness (QED) is 0.783.